The molecule has 1 N–H and O–H groups in total. The molecule has 1 aliphatic heterocycles. The van der Waals surface area contributed by atoms with Crippen molar-refractivity contribution in [3.8, 4) is 11.4 Å². The predicted molar refractivity (Wildman–Crippen MR) is 87.7 cm³/mol. The summed E-state index contributed by atoms with van der Waals surface area (Å²) in [6, 6.07) is 12.6. The first kappa shape index (κ1) is 13.9. The van der Waals surface area contributed by atoms with E-state index in [4.69, 9.17) is 4.98 Å². The summed E-state index contributed by atoms with van der Waals surface area (Å²) in [6.45, 7) is 6.43. The third kappa shape index (κ3) is 3.32. The van der Waals surface area contributed by atoms with Gasteiger partial charge in [-0.3, -0.25) is 0 Å². The fourth-order valence-corrected chi connectivity index (χ4v) is 2.63. The molecule has 0 atom stereocenters. The lowest BCUT2D eigenvalue weighted by Crippen LogP contribution is -2.20. The van der Waals surface area contributed by atoms with Crippen molar-refractivity contribution < 1.29 is 0 Å². The van der Waals surface area contributed by atoms with Crippen molar-refractivity contribution in [3.63, 3.8) is 0 Å². The number of benzene rings is 1. The van der Waals surface area contributed by atoms with Gasteiger partial charge in [0.1, 0.15) is 11.6 Å². The molecule has 1 fully saturated rings. The van der Waals surface area contributed by atoms with Crippen LogP contribution in [0.25, 0.3) is 11.4 Å². The van der Waals surface area contributed by atoms with Crippen LogP contribution in [-0.2, 0) is 0 Å². The maximum absolute atomic E-state index is 4.77. The van der Waals surface area contributed by atoms with E-state index in [0.717, 1.165) is 36.1 Å². The molecule has 0 spiro atoms. The lowest BCUT2D eigenvalue weighted by molar-refractivity contribution is 0.880. The van der Waals surface area contributed by atoms with E-state index in [1.54, 1.807) is 0 Å². The highest BCUT2D eigenvalue weighted by Crippen LogP contribution is 2.25. The first-order valence-corrected chi connectivity index (χ1v) is 7.68. The number of hydrogen-bond donors (Lipinski definition) is 1. The summed E-state index contributed by atoms with van der Waals surface area (Å²) in [5.41, 5.74) is 1.06. The maximum Gasteiger partial charge on any atom is 0.163 e. The number of aromatic nitrogens is 2. The Labute approximate surface area is 126 Å². The van der Waals surface area contributed by atoms with Gasteiger partial charge in [0.2, 0.25) is 0 Å². The number of rotatable bonds is 4. The Morgan fingerprint density at radius 1 is 1.05 bits per heavy atom. The van der Waals surface area contributed by atoms with E-state index >= 15 is 0 Å². The average Bonchev–Trinajstić information content (AvgIpc) is 3.01. The summed E-state index contributed by atoms with van der Waals surface area (Å²) >= 11 is 0. The quantitative estimate of drug-likeness (QED) is 0.931. The summed E-state index contributed by atoms with van der Waals surface area (Å²) < 4.78 is 0. The molecule has 0 radical (unpaired) electrons. The van der Waals surface area contributed by atoms with Crippen LogP contribution in [0.15, 0.2) is 36.4 Å². The van der Waals surface area contributed by atoms with E-state index in [1.807, 2.05) is 18.2 Å². The topological polar surface area (TPSA) is 41.0 Å². The van der Waals surface area contributed by atoms with Crippen LogP contribution < -0.4 is 10.2 Å². The molecule has 0 amide bonds. The largest absolute Gasteiger partial charge is 0.368 e. The van der Waals surface area contributed by atoms with Crippen LogP contribution in [0.2, 0.25) is 0 Å². The van der Waals surface area contributed by atoms with Crippen molar-refractivity contribution in [2.24, 2.45) is 0 Å². The van der Waals surface area contributed by atoms with Gasteiger partial charge in [0, 0.05) is 30.8 Å². The Balaban J connectivity index is 2.00. The standard InChI is InChI=1S/C17H22N4/c1-13(2)18-15-12-16(21-10-6-7-11-21)20-17(19-15)14-8-4-3-5-9-14/h3-5,8-9,12-13H,6-7,10-11H2,1-2H3,(H,18,19,20). The smallest absolute Gasteiger partial charge is 0.163 e. The maximum atomic E-state index is 4.77. The van der Waals surface area contributed by atoms with E-state index in [2.05, 4.69) is 47.2 Å². The third-order valence-electron chi connectivity index (χ3n) is 3.61. The number of nitrogens with zero attached hydrogens (tertiary/aromatic N) is 3. The molecule has 0 saturated carbocycles. The average molecular weight is 282 g/mol. The zero-order chi connectivity index (χ0) is 14.7. The van der Waals surface area contributed by atoms with Gasteiger partial charge in [-0.05, 0) is 26.7 Å². The summed E-state index contributed by atoms with van der Waals surface area (Å²) in [5.74, 6) is 2.73. The van der Waals surface area contributed by atoms with Crippen LogP contribution in [0.3, 0.4) is 0 Å². The minimum Gasteiger partial charge on any atom is -0.368 e. The Morgan fingerprint density at radius 3 is 2.43 bits per heavy atom. The molecule has 0 unspecified atom stereocenters. The molecule has 1 aromatic heterocycles. The molecule has 1 saturated heterocycles. The van der Waals surface area contributed by atoms with E-state index < -0.39 is 0 Å². The first-order valence-electron chi connectivity index (χ1n) is 7.68. The molecular formula is C17H22N4. The molecule has 1 aliphatic rings. The molecule has 3 rings (SSSR count). The van der Waals surface area contributed by atoms with E-state index in [0.29, 0.717) is 6.04 Å². The Hall–Kier alpha value is -2.10. The monoisotopic (exact) mass is 282 g/mol. The molecule has 2 heterocycles. The zero-order valence-corrected chi connectivity index (χ0v) is 12.7. The van der Waals surface area contributed by atoms with Crippen LogP contribution in [0.1, 0.15) is 26.7 Å². The van der Waals surface area contributed by atoms with Gasteiger partial charge >= 0.3 is 0 Å². The van der Waals surface area contributed by atoms with Crippen molar-refractivity contribution >= 4 is 11.6 Å². The molecule has 110 valence electrons. The SMILES string of the molecule is CC(C)Nc1cc(N2CCCC2)nc(-c2ccccc2)n1. The fourth-order valence-electron chi connectivity index (χ4n) is 2.63. The summed E-state index contributed by atoms with van der Waals surface area (Å²) in [7, 11) is 0. The van der Waals surface area contributed by atoms with Crippen LogP contribution in [-0.4, -0.2) is 29.1 Å². The second kappa shape index (κ2) is 6.12. The number of nitrogens with one attached hydrogen (secondary N) is 1. The van der Waals surface area contributed by atoms with Gasteiger partial charge in [-0.25, -0.2) is 9.97 Å². The van der Waals surface area contributed by atoms with Gasteiger partial charge in [0.15, 0.2) is 5.82 Å². The van der Waals surface area contributed by atoms with Gasteiger partial charge < -0.3 is 10.2 Å². The Bertz CT molecular complexity index is 589. The van der Waals surface area contributed by atoms with Crippen LogP contribution in [0.4, 0.5) is 11.6 Å². The van der Waals surface area contributed by atoms with Crippen molar-refractivity contribution in [2.45, 2.75) is 32.7 Å². The first-order chi connectivity index (χ1) is 10.2. The fraction of sp³-hybridized carbons (Fsp3) is 0.412. The Kier molecular flexibility index (Phi) is 4.04. The van der Waals surface area contributed by atoms with Gasteiger partial charge in [0.05, 0.1) is 0 Å². The van der Waals surface area contributed by atoms with E-state index in [9.17, 15) is 0 Å². The molecular weight excluding hydrogens is 260 g/mol. The lowest BCUT2D eigenvalue weighted by atomic mass is 10.2. The molecule has 0 bridgehead atoms. The van der Waals surface area contributed by atoms with Gasteiger partial charge in [-0.2, -0.15) is 0 Å². The van der Waals surface area contributed by atoms with Crippen molar-refractivity contribution in [2.75, 3.05) is 23.3 Å². The van der Waals surface area contributed by atoms with Crippen molar-refractivity contribution in [1.29, 1.82) is 0 Å². The van der Waals surface area contributed by atoms with Gasteiger partial charge in [0.25, 0.3) is 0 Å². The number of hydrogen-bond acceptors (Lipinski definition) is 4. The summed E-state index contributed by atoms with van der Waals surface area (Å²) in [4.78, 5) is 11.8. The minimum atomic E-state index is 0.356. The van der Waals surface area contributed by atoms with Crippen LogP contribution >= 0.6 is 0 Å². The summed E-state index contributed by atoms with van der Waals surface area (Å²) in [6.07, 6.45) is 2.50. The molecule has 4 heteroatoms. The molecule has 0 aliphatic carbocycles. The van der Waals surface area contributed by atoms with E-state index in [-0.39, 0.29) is 0 Å². The van der Waals surface area contributed by atoms with Crippen molar-refractivity contribution in [1.82, 2.24) is 9.97 Å². The highest BCUT2D eigenvalue weighted by atomic mass is 15.2. The van der Waals surface area contributed by atoms with Gasteiger partial charge in [-0.1, -0.05) is 30.3 Å². The minimum absolute atomic E-state index is 0.356. The normalized spacial score (nSPS) is 14.7. The van der Waals surface area contributed by atoms with Gasteiger partial charge in [-0.15, -0.1) is 0 Å². The zero-order valence-electron chi connectivity index (χ0n) is 12.7. The molecule has 2 aromatic rings. The second-order valence-electron chi connectivity index (χ2n) is 5.79. The third-order valence-corrected chi connectivity index (χ3v) is 3.61. The highest BCUT2D eigenvalue weighted by molar-refractivity contribution is 5.62. The highest BCUT2D eigenvalue weighted by Gasteiger charge is 2.16. The van der Waals surface area contributed by atoms with Crippen LogP contribution in [0, 0.1) is 0 Å². The summed E-state index contributed by atoms with van der Waals surface area (Å²) in [5, 5.41) is 3.40. The Morgan fingerprint density at radius 2 is 1.76 bits per heavy atom. The molecule has 21 heavy (non-hydrogen) atoms. The van der Waals surface area contributed by atoms with E-state index in [1.165, 1.54) is 12.8 Å². The second-order valence-corrected chi connectivity index (χ2v) is 5.79. The number of anilines is 2. The molecule has 1 aromatic carbocycles. The lowest BCUT2D eigenvalue weighted by Gasteiger charge is -2.19. The van der Waals surface area contributed by atoms with Crippen LogP contribution in [0.5, 0.6) is 0 Å². The molecule has 4 nitrogen and oxygen atoms in total. The predicted octanol–water partition coefficient (Wildman–Crippen LogP) is 3.56. The van der Waals surface area contributed by atoms with Crippen molar-refractivity contribution in [3.05, 3.63) is 36.4 Å².